The van der Waals surface area contributed by atoms with Gasteiger partial charge in [0.2, 0.25) is 5.91 Å². The first-order valence-electron chi connectivity index (χ1n) is 7.20. The lowest BCUT2D eigenvalue weighted by atomic mass is 10.3. The molecular formula is C16H18N2O5S. The van der Waals surface area contributed by atoms with Gasteiger partial charge in [-0.1, -0.05) is 6.07 Å². The largest absolute Gasteiger partial charge is 0.457 e. The lowest BCUT2D eigenvalue weighted by Gasteiger charge is -2.23. The molecule has 8 heteroatoms. The minimum atomic E-state index is -4.23. The van der Waals surface area contributed by atoms with Crippen molar-refractivity contribution < 1.29 is 22.5 Å². The summed E-state index contributed by atoms with van der Waals surface area (Å²) in [4.78, 5) is 11.0. The van der Waals surface area contributed by atoms with Crippen LogP contribution in [0.4, 0.5) is 5.69 Å². The van der Waals surface area contributed by atoms with Crippen LogP contribution in [0.15, 0.2) is 53.4 Å². The number of hydrogen-bond acceptors (Lipinski definition) is 5. The van der Waals surface area contributed by atoms with Gasteiger partial charge in [0.25, 0.3) is 10.1 Å². The monoisotopic (exact) mass is 350 g/mol. The molecule has 7 nitrogen and oxygen atoms in total. The van der Waals surface area contributed by atoms with Gasteiger partial charge in [0, 0.05) is 19.5 Å². The summed E-state index contributed by atoms with van der Waals surface area (Å²) in [7, 11) is -4.23. The Labute approximate surface area is 140 Å². The van der Waals surface area contributed by atoms with Crippen molar-refractivity contribution in [2.75, 3.05) is 11.6 Å². The number of hydrazine groups is 1. The molecule has 0 radical (unpaired) electrons. The Hall–Kier alpha value is -2.58. The standard InChI is InChI=1S/C16H18N2O5S/c1-3-18(17-12(2)19)13-5-4-6-15(11-13)23-14-7-9-16(10-8-14)24(20,21)22/h4-11H,3H2,1-2H3,(H,17,19)(H,20,21,22). The summed E-state index contributed by atoms with van der Waals surface area (Å²) in [5, 5.41) is 1.68. The summed E-state index contributed by atoms with van der Waals surface area (Å²) in [5.41, 5.74) is 3.46. The van der Waals surface area contributed by atoms with Gasteiger partial charge in [-0.25, -0.2) is 0 Å². The zero-order valence-corrected chi connectivity index (χ0v) is 14.1. The molecule has 2 aromatic carbocycles. The minimum absolute atomic E-state index is 0.177. The maximum atomic E-state index is 11.2. The predicted molar refractivity (Wildman–Crippen MR) is 89.6 cm³/mol. The van der Waals surface area contributed by atoms with Gasteiger partial charge in [0.15, 0.2) is 0 Å². The van der Waals surface area contributed by atoms with E-state index in [1.54, 1.807) is 23.2 Å². The number of carbonyl (C=O) groups is 1. The molecule has 0 aliphatic carbocycles. The van der Waals surface area contributed by atoms with Crippen molar-refractivity contribution in [3.05, 3.63) is 48.5 Å². The zero-order valence-electron chi connectivity index (χ0n) is 13.3. The molecule has 0 spiro atoms. The number of nitrogens with zero attached hydrogens (tertiary/aromatic N) is 1. The molecule has 2 aromatic rings. The summed E-state index contributed by atoms with van der Waals surface area (Å²) < 4.78 is 36.7. The fourth-order valence-electron chi connectivity index (χ4n) is 2.05. The van der Waals surface area contributed by atoms with Crippen LogP contribution >= 0.6 is 0 Å². The Morgan fingerprint density at radius 1 is 1.17 bits per heavy atom. The van der Waals surface area contributed by atoms with Crippen molar-refractivity contribution >= 4 is 21.7 Å². The average molecular weight is 350 g/mol. The summed E-state index contributed by atoms with van der Waals surface area (Å²) in [5.74, 6) is 0.766. The van der Waals surface area contributed by atoms with Crippen molar-refractivity contribution in [3.63, 3.8) is 0 Å². The number of rotatable bonds is 6. The summed E-state index contributed by atoms with van der Waals surface area (Å²) >= 11 is 0. The molecule has 0 aromatic heterocycles. The van der Waals surface area contributed by atoms with Gasteiger partial charge in [-0.3, -0.25) is 19.8 Å². The van der Waals surface area contributed by atoms with E-state index in [0.29, 0.717) is 18.0 Å². The Morgan fingerprint density at radius 2 is 1.83 bits per heavy atom. The molecule has 0 saturated carbocycles. The summed E-state index contributed by atoms with van der Waals surface area (Å²) in [6.07, 6.45) is 0. The second-order valence-electron chi connectivity index (χ2n) is 4.96. The van der Waals surface area contributed by atoms with Crippen LogP contribution in [-0.2, 0) is 14.9 Å². The van der Waals surface area contributed by atoms with Gasteiger partial charge < -0.3 is 4.74 Å². The first-order chi connectivity index (χ1) is 11.3. The predicted octanol–water partition coefficient (Wildman–Crippen LogP) is 2.60. The fraction of sp³-hybridized carbons (Fsp3) is 0.188. The third-order valence-corrected chi connectivity index (χ3v) is 3.96. The van der Waals surface area contributed by atoms with Crippen LogP contribution in [-0.4, -0.2) is 25.4 Å². The Morgan fingerprint density at radius 3 is 2.38 bits per heavy atom. The highest BCUT2D eigenvalue weighted by molar-refractivity contribution is 7.85. The Balaban J connectivity index is 2.18. The minimum Gasteiger partial charge on any atom is -0.457 e. The summed E-state index contributed by atoms with van der Waals surface area (Å²) in [6, 6.07) is 12.5. The van der Waals surface area contributed by atoms with Crippen molar-refractivity contribution in [3.8, 4) is 11.5 Å². The molecule has 1 amide bonds. The van der Waals surface area contributed by atoms with Gasteiger partial charge in [-0.05, 0) is 43.3 Å². The van der Waals surface area contributed by atoms with Crippen LogP contribution in [0.3, 0.4) is 0 Å². The van der Waals surface area contributed by atoms with E-state index in [1.165, 1.54) is 31.2 Å². The normalized spacial score (nSPS) is 11.0. The molecule has 0 heterocycles. The highest BCUT2D eigenvalue weighted by Gasteiger charge is 2.10. The molecule has 0 bridgehead atoms. The van der Waals surface area contributed by atoms with Gasteiger partial charge in [0.1, 0.15) is 11.5 Å². The SMILES string of the molecule is CCN(NC(C)=O)c1cccc(Oc2ccc(S(=O)(=O)O)cc2)c1. The van der Waals surface area contributed by atoms with Crippen LogP contribution < -0.4 is 15.2 Å². The molecule has 0 atom stereocenters. The van der Waals surface area contributed by atoms with Crippen LogP contribution in [0.25, 0.3) is 0 Å². The van der Waals surface area contributed by atoms with Crippen molar-refractivity contribution in [2.45, 2.75) is 18.7 Å². The molecule has 2 N–H and O–H groups in total. The lowest BCUT2D eigenvalue weighted by Crippen LogP contribution is -2.40. The third kappa shape index (κ3) is 4.71. The molecule has 0 aliphatic heterocycles. The Kier molecular flexibility index (Phi) is 5.42. The fourth-order valence-corrected chi connectivity index (χ4v) is 2.53. The second kappa shape index (κ2) is 7.33. The highest BCUT2D eigenvalue weighted by atomic mass is 32.2. The second-order valence-corrected chi connectivity index (χ2v) is 6.38. The smallest absolute Gasteiger partial charge is 0.294 e. The van der Waals surface area contributed by atoms with E-state index in [2.05, 4.69) is 5.43 Å². The number of ether oxygens (including phenoxy) is 1. The average Bonchev–Trinajstić information content (AvgIpc) is 2.52. The molecule has 128 valence electrons. The molecule has 2 rings (SSSR count). The van der Waals surface area contributed by atoms with E-state index < -0.39 is 10.1 Å². The van der Waals surface area contributed by atoms with E-state index in [0.717, 1.165) is 5.69 Å². The molecule has 0 saturated heterocycles. The number of nitrogens with one attached hydrogen (secondary N) is 1. The van der Waals surface area contributed by atoms with Crippen LogP contribution in [0.1, 0.15) is 13.8 Å². The number of benzene rings is 2. The van der Waals surface area contributed by atoms with E-state index in [1.807, 2.05) is 13.0 Å². The highest BCUT2D eigenvalue weighted by Crippen LogP contribution is 2.26. The summed E-state index contributed by atoms with van der Waals surface area (Å²) in [6.45, 7) is 3.91. The van der Waals surface area contributed by atoms with E-state index >= 15 is 0 Å². The van der Waals surface area contributed by atoms with E-state index in [4.69, 9.17) is 9.29 Å². The number of anilines is 1. The van der Waals surface area contributed by atoms with Crippen LogP contribution in [0.2, 0.25) is 0 Å². The van der Waals surface area contributed by atoms with Gasteiger partial charge in [0.05, 0.1) is 10.6 Å². The quantitative estimate of drug-likeness (QED) is 0.614. The number of amides is 1. The van der Waals surface area contributed by atoms with E-state index in [-0.39, 0.29) is 10.8 Å². The molecule has 0 fully saturated rings. The van der Waals surface area contributed by atoms with Gasteiger partial charge >= 0.3 is 0 Å². The molecule has 0 unspecified atom stereocenters. The zero-order chi connectivity index (χ0) is 17.7. The molecule has 24 heavy (non-hydrogen) atoms. The molecule has 0 aliphatic rings. The number of hydrogen-bond donors (Lipinski definition) is 2. The maximum absolute atomic E-state index is 11.2. The maximum Gasteiger partial charge on any atom is 0.294 e. The van der Waals surface area contributed by atoms with Crippen LogP contribution in [0.5, 0.6) is 11.5 Å². The van der Waals surface area contributed by atoms with Gasteiger partial charge in [-0.2, -0.15) is 8.42 Å². The van der Waals surface area contributed by atoms with Crippen molar-refractivity contribution in [1.29, 1.82) is 0 Å². The van der Waals surface area contributed by atoms with Crippen molar-refractivity contribution in [2.24, 2.45) is 0 Å². The topological polar surface area (TPSA) is 95.9 Å². The molecular weight excluding hydrogens is 332 g/mol. The third-order valence-electron chi connectivity index (χ3n) is 3.10. The van der Waals surface area contributed by atoms with Gasteiger partial charge in [-0.15, -0.1) is 0 Å². The van der Waals surface area contributed by atoms with E-state index in [9.17, 15) is 13.2 Å². The van der Waals surface area contributed by atoms with Crippen molar-refractivity contribution in [1.82, 2.24) is 5.43 Å². The first-order valence-corrected chi connectivity index (χ1v) is 8.64. The lowest BCUT2D eigenvalue weighted by molar-refractivity contribution is -0.119. The number of carbonyl (C=O) groups excluding carboxylic acids is 1. The van der Waals surface area contributed by atoms with Crippen LogP contribution in [0, 0.1) is 0 Å². The first kappa shape index (κ1) is 17.8. The Bertz CT molecular complexity index is 819.